The molecular formula is C25H29N3O. The summed E-state index contributed by atoms with van der Waals surface area (Å²) >= 11 is 0. The molecule has 4 heteroatoms. The Morgan fingerprint density at radius 2 is 1.93 bits per heavy atom. The maximum atomic E-state index is 5.83. The highest BCUT2D eigenvalue weighted by Gasteiger charge is 2.34. The van der Waals surface area contributed by atoms with Crippen molar-refractivity contribution in [2.45, 2.75) is 38.9 Å². The van der Waals surface area contributed by atoms with Gasteiger partial charge in [0.25, 0.3) is 0 Å². The number of nitrogens with zero attached hydrogens (tertiary/aromatic N) is 3. The Morgan fingerprint density at radius 3 is 2.76 bits per heavy atom. The highest BCUT2D eigenvalue weighted by molar-refractivity contribution is 5.58. The average molecular weight is 388 g/mol. The number of hydrogen-bond acceptors (Lipinski definition) is 4. The van der Waals surface area contributed by atoms with Gasteiger partial charge in [-0.25, -0.2) is 0 Å². The fourth-order valence-electron chi connectivity index (χ4n) is 4.97. The Balaban J connectivity index is 1.29. The smallest absolute Gasteiger partial charge is 0.134 e. The third-order valence-corrected chi connectivity index (χ3v) is 6.35. The lowest BCUT2D eigenvalue weighted by molar-refractivity contribution is 0.123. The topological polar surface area (TPSA) is 32.5 Å². The number of fused-ring (bicyclic) bond motifs is 4. The highest BCUT2D eigenvalue weighted by atomic mass is 16.3. The normalized spacial score (nSPS) is 22.7. The predicted molar refractivity (Wildman–Crippen MR) is 115 cm³/mol. The lowest BCUT2D eigenvalue weighted by Gasteiger charge is -2.36. The van der Waals surface area contributed by atoms with Crippen molar-refractivity contribution in [3.05, 3.63) is 77.8 Å². The molecule has 6 rings (SSSR count). The van der Waals surface area contributed by atoms with Crippen LogP contribution in [0.5, 0.6) is 0 Å². The summed E-state index contributed by atoms with van der Waals surface area (Å²) in [6.45, 7) is 7.52. The van der Waals surface area contributed by atoms with E-state index in [4.69, 9.17) is 4.42 Å². The minimum absolute atomic E-state index is 0.631. The van der Waals surface area contributed by atoms with Crippen LogP contribution in [0.2, 0.25) is 0 Å². The van der Waals surface area contributed by atoms with Gasteiger partial charge in [0.05, 0.1) is 5.69 Å². The molecule has 3 fully saturated rings. The monoisotopic (exact) mass is 387 g/mol. The first-order chi connectivity index (χ1) is 14.2. The van der Waals surface area contributed by atoms with Gasteiger partial charge in [0.1, 0.15) is 11.5 Å². The molecule has 2 bridgehead atoms. The number of aromatic nitrogens is 1. The number of aryl methyl sites for hydroxylation is 1. The Hall–Kier alpha value is -2.43. The van der Waals surface area contributed by atoms with E-state index in [2.05, 4.69) is 57.2 Å². The Morgan fingerprint density at radius 1 is 0.966 bits per heavy atom. The van der Waals surface area contributed by atoms with Crippen LogP contribution in [0.25, 0.3) is 11.3 Å². The zero-order valence-electron chi connectivity index (χ0n) is 17.1. The van der Waals surface area contributed by atoms with Crippen LogP contribution < -0.4 is 0 Å². The first-order valence-corrected chi connectivity index (χ1v) is 10.7. The quantitative estimate of drug-likeness (QED) is 0.633. The lowest BCUT2D eigenvalue weighted by Crippen LogP contribution is -2.43. The van der Waals surface area contributed by atoms with E-state index in [1.807, 2.05) is 25.3 Å². The first kappa shape index (κ1) is 18.6. The molecule has 0 saturated carbocycles. The molecule has 0 spiro atoms. The molecular weight excluding hydrogens is 358 g/mol. The predicted octanol–water partition coefficient (Wildman–Crippen LogP) is 4.75. The van der Waals surface area contributed by atoms with Gasteiger partial charge < -0.3 is 4.42 Å². The molecule has 0 unspecified atom stereocenters. The largest absolute Gasteiger partial charge is 0.461 e. The number of rotatable bonds is 5. The summed E-state index contributed by atoms with van der Waals surface area (Å²) in [6, 6.07) is 19.8. The third-order valence-electron chi connectivity index (χ3n) is 6.35. The Kier molecular flexibility index (Phi) is 5.21. The van der Waals surface area contributed by atoms with Gasteiger partial charge in [-0.15, -0.1) is 0 Å². The summed E-state index contributed by atoms with van der Waals surface area (Å²) in [6.07, 6.45) is 4.56. The van der Waals surface area contributed by atoms with Crippen LogP contribution in [0, 0.1) is 12.8 Å². The van der Waals surface area contributed by atoms with Crippen molar-refractivity contribution in [1.29, 1.82) is 0 Å². The fourth-order valence-corrected chi connectivity index (χ4v) is 4.97. The van der Waals surface area contributed by atoms with E-state index in [1.54, 1.807) is 0 Å². The Labute approximate surface area is 173 Å². The molecule has 4 nitrogen and oxygen atoms in total. The second-order valence-corrected chi connectivity index (χ2v) is 8.65. The second kappa shape index (κ2) is 8.13. The molecule has 0 radical (unpaired) electrons. The van der Waals surface area contributed by atoms with Crippen LogP contribution in [-0.4, -0.2) is 40.5 Å². The highest BCUT2D eigenvalue weighted by Crippen LogP contribution is 2.30. The van der Waals surface area contributed by atoms with Crippen molar-refractivity contribution in [1.82, 2.24) is 14.8 Å². The van der Waals surface area contributed by atoms with Crippen molar-refractivity contribution in [2.75, 3.05) is 19.6 Å². The molecule has 29 heavy (non-hydrogen) atoms. The summed E-state index contributed by atoms with van der Waals surface area (Å²) in [4.78, 5) is 9.86. The molecule has 2 aromatic heterocycles. The van der Waals surface area contributed by atoms with Crippen LogP contribution in [0.15, 0.2) is 65.2 Å². The van der Waals surface area contributed by atoms with Gasteiger partial charge >= 0.3 is 0 Å². The van der Waals surface area contributed by atoms with Gasteiger partial charge in [0, 0.05) is 50.5 Å². The van der Waals surface area contributed by atoms with E-state index in [9.17, 15) is 0 Å². The van der Waals surface area contributed by atoms with Gasteiger partial charge in [-0.05, 0) is 61.6 Å². The van der Waals surface area contributed by atoms with Crippen LogP contribution in [0.3, 0.4) is 0 Å². The molecule has 2 atom stereocenters. The summed E-state index contributed by atoms with van der Waals surface area (Å²) in [5, 5.41) is 0. The van der Waals surface area contributed by atoms with E-state index in [0.717, 1.165) is 37.1 Å². The molecule has 0 aliphatic carbocycles. The van der Waals surface area contributed by atoms with E-state index >= 15 is 0 Å². The molecule has 5 heterocycles. The molecule has 3 aromatic rings. The van der Waals surface area contributed by atoms with E-state index in [-0.39, 0.29) is 0 Å². The molecule has 150 valence electrons. The summed E-state index contributed by atoms with van der Waals surface area (Å²) < 4.78 is 5.83. The second-order valence-electron chi connectivity index (χ2n) is 8.65. The summed E-state index contributed by atoms with van der Waals surface area (Å²) in [5.74, 6) is 2.68. The van der Waals surface area contributed by atoms with E-state index < -0.39 is 0 Å². The number of piperidine rings is 1. The molecule has 3 saturated heterocycles. The van der Waals surface area contributed by atoms with Crippen LogP contribution in [-0.2, 0) is 13.1 Å². The standard InChI is InChI=1S/C25H29N3O/c1-19-8-11-25(29-19)22-6-4-5-20(13-22)15-28-16-21-9-10-24(28)18-27(14-21)17-23-7-2-3-12-26-23/h2-8,11-13,21,24H,9-10,14-18H2,1H3/t21-,24+/m0/s1. The van der Waals surface area contributed by atoms with Crippen molar-refractivity contribution in [3.63, 3.8) is 0 Å². The molecule has 3 aliphatic rings. The Bertz CT molecular complexity index is 951. The fraction of sp³-hybridized carbons (Fsp3) is 0.400. The molecule has 0 amide bonds. The number of hydrogen-bond donors (Lipinski definition) is 0. The molecule has 0 N–H and O–H groups in total. The summed E-state index contributed by atoms with van der Waals surface area (Å²) in [7, 11) is 0. The third kappa shape index (κ3) is 4.29. The van der Waals surface area contributed by atoms with Crippen LogP contribution >= 0.6 is 0 Å². The number of pyridine rings is 1. The number of furan rings is 1. The minimum Gasteiger partial charge on any atom is -0.461 e. The SMILES string of the molecule is Cc1ccc(-c2cccc(CN3C[C@H]4CC[C@@H]3CN(Cc3ccccn3)C4)c2)o1. The van der Waals surface area contributed by atoms with Crippen LogP contribution in [0.1, 0.15) is 29.9 Å². The summed E-state index contributed by atoms with van der Waals surface area (Å²) in [5.41, 5.74) is 3.73. The van der Waals surface area contributed by atoms with Crippen LogP contribution in [0.4, 0.5) is 0 Å². The van der Waals surface area contributed by atoms with Crippen molar-refractivity contribution in [3.8, 4) is 11.3 Å². The van der Waals surface area contributed by atoms with Crippen molar-refractivity contribution >= 4 is 0 Å². The zero-order chi connectivity index (χ0) is 19.6. The van der Waals surface area contributed by atoms with Gasteiger partial charge in [0.2, 0.25) is 0 Å². The van der Waals surface area contributed by atoms with E-state index in [0.29, 0.717) is 6.04 Å². The van der Waals surface area contributed by atoms with Gasteiger partial charge in [0.15, 0.2) is 0 Å². The molecule has 1 aromatic carbocycles. The van der Waals surface area contributed by atoms with Crippen molar-refractivity contribution < 1.29 is 4.42 Å². The first-order valence-electron chi connectivity index (χ1n) is 10.7. The minimum atomic E-state index is 0.631. The van der Waals surface area contributed by atoms with Gasteiger partial charge in [-0.3, -0.25) is 14.8 Å². The molecule has 3 aliphatic heterocycles. The zero-order valence-corrected chi connectivity index (χ0v) is 17.1. The van der Waals surface area contributed by atoms with Gasteiger partial charge in [-0.2, -0.15) is 0 Å². The van der Waals surface area contributed by atoms with Gasteiger partial charge in [-0.1, -0.05) is 24.3 Å². The van der Waals surface area contributed by atoms with Crippen molar-refractivity contribution in [2.24, 2.45) is 5.92 Å². The lowest BCUT2D eigenvalue weighted by atomic mass is 9.94. The maximum absolute atomic E-state index is 5.83. The average Bonchev–Trinajstić information content (AvgIpc) is 2.99. The van der Waals surface area contributed by atoms with E-state index in [1.165, 1.54) is 42.8 Å². The number of benzene rings is 1. The maximum Gasteiger partial charge on any atom is 0.134 e.